The summed E-state index contributed by atoms with van der Waals surface area (Å²) in [7, 11) is 0. The number of carboxylic acids is 1. The third-order valence-corrected chi connectivity index (χ3v) is 4.83. The largest absolute Gasteiger partial charge is 0.481 e. The number of hydrogen-bond donors (Lipinski definition) is 1. The molecule has 1 aromatic rings. The van der Waals surface area contributed by atoms with E-state index in [9.17, 15) is 19.5 Å². The van der Waals surface area contributed by atoms with E-state index in [2.05, 4.69) is 0 Å². The van der Waals surface area contributed by atoms with Gasteiger partial charge in [-0.25, -0.2) is 0 Å². The van der Waals surface area contributed by atoms with Gasteiger partial charge >= 0.3 is 5.97 Å². The molecule has 1 unspecified atom stereocenters. The second kappa shape index (κ2) is 7.16. The molecule has 5 nitrogen and oxygen atoms in total. The molecule has 24 heavy (non-hydrogen) atoms. The van der Waals surface area contributed by atoms with Crippen molar-refractivity contribution in [3.8, 4) is 0 Å². The fourth-order valence-electron chi connectivity index (χ4n) is 3.15. The molecule has 1 N–H and O–H groups in total. The topological polar surface area (TPSA) is 74.7 Å². The lowest BCUT2D eigenvalue weighted by molar-refractivity contribution is -0.142. The van der Waals surface area contributed by atoms with Gasteiger partial charge in [-0.1, -0.05) is 45.0 Å². The molecule has 0 aromatic heterocycles. The fraction of sp³-hybridized carbons (Fsp3) is 0.526. The van der Waals surface area contributed by atoms with Gasteiger partial charge in [0, 0.05) is 24.6 Å². The Balaban J connectivity index is 2.09. The summed E-state index contributed by atoms with van der Waals surface area (Å²) in [4.78, 5) is 37.5. The Labute approximate surface area is 142 Å². The summed E-state index contributed by atoms with van der Waals surface area (Å²) >= 11 is 0. The first-order chi connectivity index (χ1) is 11.2. The third kappa shape index (κ3) is 3.66. The van der Waals surface area contributed by atoms with Crippen molar-refractivity contribution in [1.29, 1.82) is 0 Å². The normalized spacial score (nSPS) is 21.8. The summed E-state index contributed by atoms with van der Waals surface area (Å²) in [6, 6.07) is 7.14. The van der Waals surface area contributed by atoms with Gasteiger partial charge in [-0.15, -0.1) is 0 Å². The molecule has 5 heteroatoms. The third-order valence-electron chi connectivity index (χ3n) is 4.83. The summed E-state index contributed by atoms with van der Waals surface area (Å²) in [6.45, 7) is 8.14. The predicted octanol–water partition coefficient (Wildman–Crippen LogP) is 2.81. The number of hydrogen-bond acceptors (Lipinski definition) is 3. The second-order valence-corrected chi connectivity index (χ2v) is 7.03. The molecule has 3 atom stereocenters. The van der Waals surface area contributed by atoms with Crippen molar-refractivity contribution >= 4 is 17.7 Å². The van der Waals surface area contributed by atoms with Crippen LogP contribution in [0.25, 0.3) is 0 Å². The summed E-state index contributed by atoms with van der Waals surface area (Å²) in [5, 5.41) is 9.20. The Morgan fingerprint density at radius 3 is 2.12 bits per heavy atom. The maximum atomic E-state index is 12.7. The first-order valence-corrected chi connectivity index (χ1v) is 8.38. The number of carbonyl (C=O) groups excluding carboxylic acids is 2. The van der Waals surface area contributed by atoms with Crippen molar-refractivity contribution in [2.24, 2.45) is 17.8 Å². The van der Waals surface area contributed by atoms with Crippen LogP contribution in [0.3, 0.4) is 0 Å². The van der Waals surface area contributed by atoms with E-state index < -0.39 is 11.9 Å². The highest BCUT2D eigenvalue weighted by Gasteiger charge is 2.38. The Morgan fingerprint density at radius 1 is 1.08 bits per heavy atom. The van der Waals surface area contributed by atoms with Crippen molar-refractivity contribution in [1.82, 2.24) is 4.90 Å². The predicted molar refractivity (Wildman–Crippen MR) is 90.9 cm³/mol. The van der Waals surface area contributed by atoms with E-state index in [1.54, 1.807) is 17.0 Å². The SMILES string of the molecule is CC(C)C(=O)c1ccc(C(C)C(=O)N2C[C@@H](C)[C@H](C(=O)O)C2)cc1. The maximum Gasteiger partial charge on any atom is 0.308 e. The fourth-order valence-corrected chi connectivity index (χ4v) is 3.15. The van der Waals surface area contributed by atoms with Crippen LogP contribution in [0.5, 0.6) is 0 Å². The Bertz CT molecular complexity index is 635. The van der Waals surface area contributed by atoms with Crippen molar-refractivity contribution in [3.63, 3.8) is 0 Å². The highest BCUT2D eigenvalue weighted by molar-refractivity contribution is 5.97. The molecule has 0 bridgehead atoms. The van der Waals surface area contributed by atoms with E-state index in [1.807, 2.05) is 39.8 Å². The van der Waals surface area contributed by atoms with Crippen LogP contribution in [0, 0.1) is 17.8 Å². The van der Waals surface area contributed by atoms with Gasteiger partial charge in [-0.2, -0.15) is 0 Å². The van der Waals surface area contributed by atoms with Gasteiger partial charge in [0.25, 0.3) is 0 Å². The van der Waals surface area contributed by atoms with Crippen molar-refractivity contribution in [2.45, 2.75) is 33.6 Å². The summed E-state index contributed by atoms with van der Waals surface area (Å²) in [6.07, 6.45) is 0. The van der Waals surface area contributed by atoms with Crippen LogP contribution in [0.15, 0.2) is 24.3 Å². The van der Waals surface area contributed by atoms with Crippen molar-refractivity contribution in [2.75, 3.05) is 13.1 Å². The minimum Gasteiger partial charge on any atom is -0.481 e. The average Bonchev–Trinajstić information content (AvgIpc) is 2.95. The van der Waals surface area contributed by atoms with Gasteiger partial charge in [-0.05, 0) is 18.4 Å². The first-order valence-electron chi connectivity index (χ1n) is 8.38. The van der Waals surface area contributed by atoms with Crippen molar-refractivity contribution in [3.05, 3.63) is 35.4 Å². The van der Waals surface area contributed by atoms with Crippen LogP contribution in [-0.2, 0) is 9.59 Å². The molecule has 130 valence electrons. The van der Waals surface area contributed by atoms with Gasteiger partial charge in [-0.3, -0.25) is 14.4 Å². The van der Waals surface area contributed by atoms with E-state index >= 15 is 0 Å². The molecular formula is C19H25NO4. The molecule has 0 saturated carbocycles. The maximum absolute atomic E-state index is 12.7. The standard InChI is InChI=1S/C19H25NO4/c1-11(2)17(21)15-7-5-14(6-8-15)13(4)18(22)20-9-12(3)16(10-20)19(23)24/h5-8,11-13,16H,9-10H2,1-4H3,(H,23,24)/t12-,13?,16-/m1/s1. The number of carboxylic acid groups (broad SMARTS) is 1. The first kappa shape index (κ1) is 18.2. The second-order valence-electron chi connectivity index (χ2n) is 7.03. The van der Waals surface area contributed by atoms with Gasteiger partial charge in [0.2, 0.25) is 5.91 Å². The van der Waals surface area contributed by atoms with Gasteiger partial charge in [0.05, 0.1) is 11.8 Å². The zero-order valence-electron chi connectivity index (χ0n) is 14.7. The van der Waals surface area contributed by atoms with Crippen LogP contribution in [-0.4, -0.2) is 40.8 Å². The quantitative estimate of drug-likeness (QED) is 0.842. The number of benzene rings is 1. The van der Waals surface area contributed by atoms with Crippen LogP contribution in [0.2, 0.25) is 0 Å². The molecular weight excluding hydrogens is 306 g/mol. The zero-order valence-corrected chi connectivity index (χ0v) is 14.7. The smallest absolute Gasteiger partial charge is 0.308 e. The van der Waals surface area contributed by atoms with Crippen LogP contribution >= 0.6 is 0 Å². The van der Waals surface area contributed by atoms with E-state index in [-0.39, 0.29) is 36.0 Å². The molecule has 1 aromatic carbocycles. The van der Waals surface area contributed by atoms with Crippen LogP contribution in [0.4, 0.5) is 0 Å². The number of aliphatic carboxylic acids is 1. The average molecular weight is 331 g/mol. The number of ketones is 1. The Hall–Kier alpha value is -2.17. The Morgan fingerprint density at radius 2 is 1.67 bits per heavy atom. The van der Waals surface area contributed by atoms with Gasteiger partial charge in [0.15, 0.2) is 5.78 Å². The Kier molecular flexibility index (Phi) is 5.42. The summed E-state index contributed by atoms with van der Waals surface area (Å²) in [5.74, 6) is -1.77. The molecule has 1 amide bonds. The molecule has 1 saturated heterocycles. The lowest BCUT2D eigenvalue weighted by Crippen LogP contribution is -2.33. The van der Waals surface area contributed by atoms with Gasteiger partial charge < -0.3 is 10.0 Å². The molecule has 1 fully saturated rings. The summed E-state index contributed by atoms with van der Waals surface area (Å²) in [5.41, 5.74) is 1.49. The van der Waals surface area contributed by atoms with Crippen LogP contribution < -0.4 is 0 Å². The highest BCUT2D eigenvalue weighted by Crippen LogP contribution is 2.27. The number of carbonyl (C=O) groups is 3. The van der Waals surface area contributed by atoms with E-state index in [4.69, 9.17) is 0 Å². The lowest BCUT2D eigenvalue weighted by Gasteiger charge is -2.21. The molecule has 1 heterocycles. The van der Waals surface area contributed by atoms with E-state index in [1.165, 1.54) is 0 Å². The molecule has 1 aliphatic rings. The molecule has 2 rings (SSSR count). The number of likely N-dealkylation sites (tertiary alicyclic amines) is 1. The number of rotatable bonds is 5. The number of nitrogens with zero attached hydrogens (tertiary/aromatic N) is 1. The van der Waals surface area contributed by atoms with E-state index in [0.29, 0.717) is 12.1 Å². The van der Waals surface area contributed by atoms with Crippen molar-refractivity contribution < 1.29 is 19.5 Å². The van der Waals surface area contributed by atoms with Crippen LogP contribution in [0.1, 0.15) is 49.5 Å². The highest BCUT2D eigenvalue weighted by atomic mass is 16.4. The molecule has 0 spiro atoms. The monoisotopic (exact) mass is 331 g/mol. The molecule has 0 aliphatic carbocycles. The summed E-state index contributed by atoms with van der Waals surface area (Å²) < 4.78 is 0. The van der Waals surface area contributed by atoms with E-state index in [0.717, 1.165) is 5.56 Å². The minimum absolute atomic E-state index is 0.0373. The molecule has 0 radical (unpaired) electrons. The van der Waals surface area contributed by atoms with Gasteiger partial charge in [0.1, 0.15) is 0 Å². The number of amides is 1. The number of Topliss-reactive ketones (excluding diaryl/α,β-unsaturated/α-hetero) is 1. The minimum atomic E-state index is -0.845. The molecule has 1 aliphatic heterocycles. The lowest BCUT2D eigenvalue weighted by atomic mass is 9.95. The zero-order chi connectivity index (χ0) is 18.0.